The number of halogens is 1. The van der Waals surface area contributed by atoms with E-state index in [9.17, 15) is 9.18 Å². The molecule has 4 nitrogen and oxygen atoms in total. The quantitative estimate of drug-likeness (QED) is 0.750. The van der Waals surface area contributed by atoms with Gasteiger partial charge < -0.3 is 14.4 Å². The number of hydrogen-bond acceptors (Lipinski definition) is 3. The molecule has 0 unspecified atom stereocenters. The molecule has 0 bridgehead atoms. The van der Waals surface area contributed by atoms with Gasteiger partial charge in [-0.1, -0.05) is 12.1 Å². The molecule has 3 rings (SSSR count). The second-order valence-electron chi connectivity index (χ2n) is 6.74. The summed E-state index contributed by atoms with van der Waals surface area (Å²) in [6.07, 6.45) is 4.77. The largest absolute Gasteiger partial charge is 0.377 e. The lowest BCUT2D eigenvalue weighted by Crippen LogP contribution is -2.43. The molecule has 1 atom stereocenters. The van der Waals surface area contributed by atoms with Gasteiger partial charge in [0.2, 0.25) is 0 Å². The van der Waals surface area contributed by atoms with Crippen molar-refractivity contribution in [1.29, 1.82) is 0 Å². The maximum Gasteiger partial charge on any atom is 0.251 e. The Hall–Kier alpha value is -1.46. The molecule has 0 aromatic heterocycles. The van der Waals surface area contributed by atoms with Crippen molar-refractivity contribution in [3.8, 4) is 0 Å². The van der Waals surface area contributed by atoms with Crippen LogP contribution >= 0.6 is 0 Å². The SMILES string of the molecule is O=C([C@H]1CCCO1)N1CCC(CCOCc2ccc(F)cc2)CC1. The first kappa shape index (κ1) is 17.4. The molecule has 2 aliphatic heterocycles. The Bertz CT molecular complexity index is 520. The molecule has 2 saturated heterocycles. The van der Waals surface area contributed by atoms with Crippen molar-refractivity contribution in [2.24, 2.45) is 5.92 Å². The Morgan fingerprint density at radius 2 is 1.96 bits per heavy atom. The van der Waals surface area contributed by atoms with Gasteiger partial charge in [-0.25, -0.2) is 4.39 Å². The fourth-order valence-electron chi connectivity index (χ4n) is 3.44. The molecule has 132 valence electrons. The normalized spacial score (nSPS) is 22.0. The van der Waals surface area contributed by atoms with Crippen molar-refractivity contribution in [2.75, 3.05) is 26.3 Å². The summed E-state index contributed by atoms with van der Waals surface area (Å²) in [5, 5.41) is 0. The van der Waals surface area contributed by atoms with E-state index in [1.807, 2.05) is 4.90 Å². The van der Waals surface area contributed by atoms with Crippen LogP contribution in [0.2, 0.25) is 0 Å². The average Bonchev–Trinajstić information content (AvgIpc) is 3.15. The van der Waals surface area contributed by atoms with Crippen LogP contribution in [0.5, 0.6) is 0 Å². The summed E-state index contributed by atoms with van der Waals surface area (Å²) < 4.78 is 24.0. The van der Waals surface area contributed by atoms with Crippen molar-refractivity contribution in [3.05, 3.63) is 35.6 Å². The number of rotatable bonds is 6. The highest BCUT2D eigenvalue weighted by Gasteiger charge is 2.30. The second-order valence-corrected chi connectivity index (χ2v) is 6.74. The van der Waals surface area contributed by atoms with Crippen LogP contribution in [0.15, 0.2) is 24.3 Å². The molecule has 0 spiro atoms. The summed E-state index contributed by atoms with van der Waals surface area (Å²) in [4.78, 5) is 14.3. The maximum atomic E-state index is 12.8. The molecule has 0 saturated carbocycles. The zero-order chi connectivity index (χ0) is 16.8. The molecule has 2 fully saturated rings. The zero-order valence-corrected chi connectivity index (χ0v) is 14.1. The van der Waals surface area contributed by atoms with Gasteiger partial charge in [0.15, 0.2) is 0 Å². The number of benzene rings is 1. The van der Waals surface area contributed by atoms with Gasteiger partial charge in [0.1, 0.15) is 11.9 Å². The van der Waals surface area contributed by atoms with E-state index in [1.165, 1.54) is 12.1 Å². The van der Waals surface area contributed by atoms with Crippen molar-refractivity contribution in [2.45, 2.75) is 44.8 Å². The summed E-state index contributed by atoms with van der Waals surface area (Å²) in [6, 6.07) is 6.42. The zero-order valence-electron chi connectivity index (χ0n) is 14.1. The van der Waals surface area contributed by atoms with Gasteiger partial charge in [-0.3, -0.25) is 4.79 Å². The van der Waals surface area contributed by atoms with Gasteiger partial charge in [0, 0.05) is 26.3 Å². The Morgan fingerprint density at radius 1 is 1.21 bits per heavy atom. The van der Waals surface area contributed by atoms with E-state index in [4.69, 9.17) is 9.47 Å². The molecule has 0 radical (unpaired) electrons. The minimum absolute atomic E-state index is 0.179. The highest BCUT2D eigenvalue weighted by molar-refractivity contribution is 5.81. The summed E-state index contributed by atoms with van der Waals surface area (Å²) in [6.45, 7) is 3.62. The first-order valence-corrected chi connectivity index (χ1v) is 8.95. The molecule has 2 aliphatic rings. The number of carbonyl (C=O) groups is 1. The third-order valence-electron chi connectivity index (χ3n) is 4.98. The number of piperidine rings is 1. The van der Waals surface area contributed by atoms with Crippen LogP contribution in [0.3, 0.4) is 0 Å². The smallest absolute Gasteiger partial charge is 0.251 e. The Morgan fingerprint density at radius 3 is 2.62 bits per heavy atom. The van der Waals surface area contributed by atoms with E-state index in [0.717, 1.165) is 57.4 Å². The predicted octanol–water partition coefficient (Wildman–Crippen LogP) is 3.15. The third kappa shape index (κ3) is 4.77. The monoisotopic (exact) mass is 335 g/mol. The Labute approximate surface area is 142 Å². The van der Waals surface area contributed by atoms with Gasteiger partial charge in [-0.2, -0.15) is 0 Å². The van der Waals surface area contributed by atoms with E-state index in [2.05, 4.69) is 0 Å². The van der Waals surface area contributed by atoms with E-state index in [1.54, 1.807) is 12.1 Å². The summed E-state index contributed by atoms with van der Waals surface area (Å²) in [7, 11) is 0. The van der Waals surface area contributed by atoms with Gasteiger partial charge in [0.05, 0.1) is 6.61 Å². The lowest BCUT2D eigenvalue weighted by Gasteiger charge is -2.33. The van der Waals surface area contributed by atoms with Crippen LogP contribution in [0.4, 0.5) is 4.39 Å². The van der Waals surface area contributed by atoms with Crippen LogP contribution in [-0.4, -0.2) is 43.2 Å². The van der Waals surface area contributed by atoms with Crippen LogP contribution in [-0.2, 0) is 20.9 Å². The van der Waals surface area contributed by atoms with Crippen LogP contribution < -0.4 is 0 Å². The third-order valence-corrected chi connectivity index (χ3v) is 4.98. The van der Waals surface area contributed by atoms with Crippen LogP contribution in [0.1, 0.15) is 37.7 Å². The first-order valence-electron chi connectivity index (χ1n) is 8.95. The Balaban J connectivity index is 1.31. The van der Waals surface area contributed by atoms with Gasteiger partial charge in [-0.05, 0) is 55.7 Å². The number of hydrogen-bond donors (Lipinski definition) is 0. The first-order chi connectivity index (χ1) is 11.7. The van der Waals surface area contributed by atoms with Crippen LogP contribution in [0.25, 0.3) is 0 Å². The van der Waals surface area contributed by atoms with E-state index in [-0.39, 0.29) is 17.8 Å². The van der Waals surface area contributed by atoms with Gasteiger partial charge in [-0.15, -0.1) is 0 Å². The molecule has 2 heterocycles. The minimum Gasteiger partial charge on any atom is -0.377 e. The topological polar surface area (TPSA) is 38.8 Å². The van der Waals surface area contributed by atoms with Crippen molar-refractivity contribution in [3.63, 3.8) is 0 Å². The fraction of sp³-hybridized carbons (Fsp3) is 0.632. The predicted molar refractivity (Wildman–Crippen MR) is 89.0 cm³/mol. The van der Waals surface area contributed by atoms with E-state index >= 15 is 0 Å². The molecule has 0 aliphatic carbocycles. The molecule has 0 N–H and O–H groups in total. The van der Waals surface area contributed by atoms with E-state index < -0.39 is 0 Å². The molecule has 1 amide bonds. The van der Waals surface area contributed by atoms with Gasteiger partial charge >= 0.3 is 0 Å². The lowest BCUT2D eigenvalue weighted by atomic mass is 9.93. The number of ether oxygens (including phenoxy) is 2. The number of nitrogens with zero attached hydrogens (tertiary/aromatic N) is 1. The molecule has 1 aromatic rings. The molecule has 1 aromatic carbocycles. The summed E-state index contributed by atoms with van der Waals surface area (Å²) in [5.74, 6) is 0.577. The Kier molecular flexibility index (Phi) is 6.21. The highest BCUT2D eigenvalue weighted by Crippen LogP contribution is 2.23. The van der Waals surface area contributed by atoms with Crippen LogP contribution in [0, 0.1) is 11.7 Å². The lowest BCUT2D eigenvalue weighted by molar-refractivity contribution is -0.142. The standard InChI is InChI=1S/C19H26FNO3/c20-17-5-3-16(4-6-17)14-23-13-9-15-7-10-21(11-8-15)19(22)18-2-1-12-24-18/h3-6,15,18H,1-2,7-14H2/t18-/m1/s1. The highest BCUT2D eigenvalue weighted by atomic mass is 19.1. The summed E-state index contributed by atoms with van der Waals surface area (Å²) in [5.41, 5.74) is 0.994. The molecule has 5 heteroatoms. The van der Waals surface area contributed by atoms with Crippen molar-refractivity contribution >= 4 is 5.91 Å². The number of carbonyl (C=O) groups excluding carboxylic acids is 1. The fourth-order valence-corrected chi connectivity index (χ4v) is 3.44. The minimum atomic E-state index is -0.219. The van der Waals surface area contributed by atoms with Crippen molar-refractivity contribution < 1.29 is 18.7 Å². The van der Waals surface area contributed by atoms with Gasteiger partial charge in [0.25, 0.3) is 5.91 Å². The second kappa shape index (κ2) is 8.58. The van der Waals surface area contributed by atoms with E-state index in [0.29, 0.717) is 19.1 Å². The summed E-state index contributed by atoms with van der Waals surface area (Å²) >= 11 is 0. The van der Waals surface area contributed by atoms with Crippen molar-refractivity contribution in [1.82, 2.24) is 4.90 Å². The molecular weight excluding hydrogens is 309 g/mol. The number of likely N-dealkylation sites (tertiary alicyclic amines) is 1. The average molecular weight is 335 g/mol. The maximum absolute atomic E-state index is 12.8. The molecule has 24 heavy (non-hydrogen) atoms. The number of amides is 1. The molecular formula is C19H26FNO3.